The molecular weight excluding hydrogens is 278 g/mol. The molecular formula is C13H17N3O3S. The topological polar surface area (TPSA) is 63.9 Å². The maximum absolute atomic E-state index is 12.3. The summed E-state index contributed by atoms with van der Waals surface area (Å²) in [6.07, 6.45) is 3.92. The fourth-order valence-corrected chi connectivity index (χ4v) is 2.60. The second kappa shape index (κ2) is 6.04. The van der Waals surface area contributed by atoms with Gasteiger partial charge in [-0.3, -0.25) is 14.0 Å². The van der Waals surface area contributed by atoms with Gasteiger partial charge >= 0.3 is 5.97 Å². The summed E-state index contributed by atoms with van der Waals surface area (Å²) in [4.78, 5) is 30.4. The third-order valence-electron chi connectivity index (χ3n) is 2.95. The Labute approximate surface area is 121 Å². The van der Waals surface area contributed by atoms with Crippen LogP contribution < -0.4 is 0 Å². The quantitative estimate of drug-likeness (QED) is 0.781. The molecule has 7 heteroatoms. The molecule has 0 bridgehead atoms. The standard InChI is InChI=1S/C13H17N3O3S/c1-9(2)16(8-12(18)19-3)11(17)6-10-7-15-4-5-20-13(15)14-10/h4-5,7,9H,6,8H2,1-3H3. The van der Waals surface area contributed by atoms with E-state index in [0.717, 1.165) is 4.96 Å². The number of amides is 1. The van der Waals surface area contributed by atoms with Crippen LogP contribution in [0.4, 0.5) is 0 Å². The molecule has 6 nitrogen and oxygen atoms in total. The molecule has 0 atom stereocenters. The number of methoxy groups -OCH3 is 1. The fourth-order valence-electron chi connectivity index (χ4n) is 1.88. The van der Waals surface area contributed by atoms with Gasteiger partial charge in [0.2, 0.25) is 5.91 Å². The van der Waals surface area contributed by atoms with Crippen LogP contribution >= 0.6 is 11.3 Å². The average Bonchev–Trinajstić information content (AvgIpc) is 2.95. The summed E-state index contributed by atoms with van der Waals surface area (Å²) in [5.41, 5.74) is 0.706. The fraction of sp³-hybridized carbons (Fsp3) is 0.462. The lowest BCUT2D eigenvalue weighted by atomic mass is 10.2. The first-order valence-electron chi connectivity index (χ1n) is 6.28. The molecule has 2 aromatic rings. The van der Waals surface area contributed by atoms with Gasteiger partial charge in [-0.25, -0.2) is 4.98 Å². The molecule has 2 aromatic heterocycles. The zero-order valence-corrected chi connectivity index (χ0v) is 12.5. The number of rotatable bonds is 5. The van der Waals surface area contributed by atoms with Gasteiger partial charge in [0.05, 0.1) is 19.2 Å². The minimum atomic E-state index is -0.419. The first kappa shape index (κ1) is 14.5. The number of esters is 1. The highest BCUT2D eigenvalue weighted by atomic mass is 32.1. The highest BCUT2D eigenvalue weighted by Gasteiger charge is 2.21. The Balaban J connectivity index is 2.07. The molecule has 0 radical (unpaired) electrons. The van der Waals surface area contributed by atoms with Gasteiger partial charge in [0.25, 0.3) is 0 Å². The van der Waals surface area contributed by atoms with Gasteiger partial charge in [-0.15, -0.1) is 11.3 Å². The van der Waals surface area contributed by atoms with Crippen LogP contribution in [0.15, 0.2) is 17.8 Å². The molecule has 2 rings (SSSR count). The highest BCUT2D eigenvalue weighted by Crippen LogP contribution is 2.13. The summed E-state index contributed by atoms with van der Waals surface area (Å²) >= 11 is 1.52. The Bertz CT molecular complexity index is 589. The van der Waals surface area contributed by atoms with E-state index < -0.39 is 5.97 Å². The number of aromatic nitrogens is 2. The second-order valence-corrected chi connectivity index (χ2v) is 5.57. The summed E-state index contributed by atoms with van der Waals surface area (Å²) in [5.74, 6) is -0.547. The van der Waals surface area contributed by atoms with Crippen molar-refractivity contribution in [3.63, 3.8) is 0 Å². The van der Waals surface area contributed by atoms with Gasteiger partial charge < -0.3 is 9.64 Å². The van der Waals surface area contributed by atoms with Gasteiger partial charge in [-0.1, -0.05) is 0 Å². The van der Waals surface area contributed by atoms with E-state index in [9.17, 15) is 9.59 Å². The number of thiazole rings is 1. The molecule has 0 saturated heterocycles. The Morgan fingerprint density at radius 2 is 2.25 bits per heavy atom. The molecule has 0 fully saturated rings. The third-order valence-corrected chi connectivity index (χ3v) is 3.72. The van der Waals surface area contributed by atoms with Crippen molar-refractivity contribution in [2.24, 2.45) is 0 Å². The van der Waals surface area contributed by atoms with E-state index in [0.29, 0.717) is 5.69 Å². The number of carbonyl (C=O) groups is 2. The van der Waals surface area contributed by atoms with Crippen molar-refractivity contribution in [1.29, 1.82) is 0 Å². The lowest BCUT2D eigenvalue weighted by Gasteiger charge is -2.25. The van der Waals surface area contributed by atoms with Crippen molar-refractivity contribution in [1.82, 2.24) is 14.3 Å². The molecule has 0 spiro atoms. The van der Waals surface area contributed by atoms with Gasteiger partial charge in [-0.2, -0.15) is 0 Å². The lowest BCUT2D eigenvalue weighted by molar-refractivity contribution is -0.148. The summed E-state index contributed by atoms with van der Waals surface area (Å²) in [6, 6.07) is -0.0645. The predicted octanol–water partition coefficient (Wildman–Crippen LogP) is 1.35. The average molecular weight is 295 g/mol. The van der Waals surface area contributed by atoms with E-state index in [4.69, 9.17) is 0 Å². The summed E-state index contributed by atoms with van der Waals surface area (Å²) in [5, 5.41) is 1.94. The number of nitrogens with zero attached hydrogens (tertiary/aromatic N) is 3. The van der Waals surface area contributed by atoms with Crippen molar-refractivity contribution in [3.05, 3.63) is 23.5 Å². The monoisotopic (exact) mass is 295 g/mol. The number of fused-ring (bicyclic) bond motifs is 1. The zero-order valence-electron chi connectivity index (χ0n) is 11.7. The van der Waals surface area contributed by atoms with E-state index >= 15 is 0 Å². The number of hydrogen-bond acceptors (Lipinski definition) is 5. The van der Waals surface area contributed by atoms with E-state index in [1.165, 1.54) is 23.3 Å². The van der Waals surface area contributed by atoms with Crippen LogP contribution in [-0.4, -0.2) is 45.9 Å². The molecule has 0 aromatic carbocycles. The Morgan fingerprint density at radius 3 is 2.85 bits per heavy atom. The number of imidazole rings is 1. The van der Waals surface area contributed by atoms with Crippen LogP contribution in [0.3, 0.4) is 0 Å². The minimum absolute atomic E-state index is 0.0325. The maximum atomic E-state index is 12.3. The second-order valence-electron chi connectivity index (χ2n) is 4.69. The molecule has 20 heavy (non-hydrogen) atoms. The van der Waals surface area contributed by atoms with Gasteiger partial charge in [0.15, 0.2) is 4.96 Å². The predicted molar refractivity (Wildman–Crippen MR) is 75.6 cm³/mol. The first-order chi connectivity index (χ1) is 9.51. The van der Waals surface area contributed by atoms with E-state index in [-0.39, 0.29) is 24.9 Å². The van der Waals surface area contributed by atoms with Crippen molar-refractivity contribution < 1.29 is 14.3 Å². The van der Waals surface area contributed by atoms with E-state index in [1.54, 1.807) is 0 Å². The lowest BCUT2D eigenvalue weighted by Crippen LogP contribution is -2.41. The molecule has 0 aliphatic carbocycles. The zero-order chi connectivity index (χ0) is 14.7. The van der Waals surface area contributed by atoms with Gasteiger partial charge in [0.1, 0.15) is 6.54 Å². The van der Waals surface area contributed by atoms with Crippen LogP contribution in [0.25, 0.3) is 4.96 Å². The molecule has 0 saturated carbocycles. The summed E-state index contributed by atoms with van der Waals surface area (Å²) in [7, 11) is 1.31. The summed E-state index contributed by atoms with van der Waals surface area (Å²) < 4.78 is 6.50. The Hall–Kier alpha value is -1.89. The number of hydrogen-bond donors (Lipinski definition) is 0. The largest absolute Gasteiger partial charge is 0.468 e. The molecule has 1 amide bonds. The van der Waals surface area contributed by atoms with Crippen LogP contribution in [0, 0.1) is 0 Å². The molecule has 0 aliphatic rings. The van der Waals surface area contributed by atoms with Crippen molar-refractivity contribution >= 4 is 28.2 Å². The molecule has 2 heterocycles. The van der Waals surface area contributed by atoms with Crippen LogP contribution in [-0.2, 0) is 20.7 Å². The first-order valence-corrected chi connectivity index (χ1v) is 7.16. The molecule has 0 unspecified atom stereocenters. The SMILES string of the molecule is COC(=O)CN(C(=O)Cc1cn2ccsc2n1)C(C)C. The molecule has 108 valence electrons. The van der Waals surface area contributed by atoms with Crippen LogP contribution in [0.1, 0.15) is 19.5 Å². The third kappa shape index (κ3) is 3.16. The number of ether oxygens (including phenoxy) is 1. The highest BCUT2D eigenvalue weighted by molar-refractivity contribution is 7.15. The van der Waals surface area contributed by atoms with E-state index in [1.807, 2.05) is 36.0 Å². The van der Waals surface area contributed by atoms with Crippen molar-refractivity contribution in [2.75, 3.05) is 13.7 Å². The van der Waals surface area contributed by atoms with Crippen LogP contribution in [0.5, 0.6) is 0 Å². The van der Waals surface area contributed by atoms with Gasteiger partial charge in [-0.05, 0) is 13.8 Å². The Morgan fingerprint density at radius 1 is 1.50 bits per heavy atom. The minimum Gasteiger partial charge on any atom is -0.468 e. The van der Waals surface area contributed by atoms with Crippen LogP contribution in [0.2, 0.25) is 0 Å². The normalized spacial score (nSPS) is 11.0. The molecule has 0 aliphatic heterocycles. The smallest absolute Gasteiger partial charge is 0.325 e. The Kier molecular flexibility index (Phi) is 4.39. The summed E-state index contributed by atoms with van der Waals surface area (Å²) in [6.45, 7) is 3.70. The van der Waals surface area contributed by atoms with Crippen molar-refractivity contribution in [3.8, 4) is 0 Å². The van der Waals surface area contributed by atoms with Crippen molar-refractivity contribution in [2.45, 2.75) is 26.3 Å². The maximum Gasteiger partial charge on any atom is 0.325 e. The molecule has 0 N–H and O–H groups in total. The number of carbonyl (C=O) groups excluding carboxylic acids is 2. The van der Waals surface area contributed by atoms with Gasteiger partial charge in [0, 0.05) is 23.8 Å². The van der Waals surface area contributed by atoms with E-state index in [2.05, 4.69) is 9.72 Å².